The van der Waals surface area contributed by atoms with Gasteiger partial charge in [-0.1, -0.05) is 42.5 Å². The summed E-state index contributed by atoms with van der Waals surface area (Å²) in [6.07, 6.45) is -7.60. The zero-order chi connectivity index (χ0) is 48.3. The highest BCUT2D eigenvalue weighted by atomic mass is 19.4. The van der Waals surface area contributed by atoms with E-state index in [0.717, 1.165) is 17.7 Å². The number of aryl methyl sites for hydroxylation is 1. The van der Waals surface area contributed by atoms with Gasteiger partial charge in [0.2, 0.25) is 23.6 Å². The first kappa shape index (κ1) is 53.9. The lowest BCUT2D eigenvalue weighted by Gasteiger charge is -2.27. The summed E-state index contributed by atoms with van der Waals surface area (Å²) in [5.41, 5.74) is -1.29. The molecule has 2 atom stereocenters. The van der Waals surface area contributed by atoms with Gasteiger partial charge in [-0.3, -0.25) is 19.2 Å². The standard InChI is InChI=1S/C43H62F3N7O11/c1-40(2,3)62-37(58)47-21-23-53(24-22-48-38(59)63-41(4,5)6)34(55)25-32(52-39(60)64-42(7,8)9)36(57)50-27-33(54)51-31(20-17-28-13-11-10-12-14-28)35(56)49-26-29-15-18-30(19-16-29)61-43(44,45)46/h10-16,18-19,31-32H,17,20-27H2,1-9H3,(H,47,58)(H,48,59)(H,49,56)(H,50,57)(H,51,54)(H,52,60). The van der Waals surface area contributed by atoms with Crippen molar-refractivity contribution in [2.24, 2.45) is 0 Å². The zero-order valence-electron chi connectivity index (χ0n) is 37.8. The number of nitrogens with zero attached hydrogens (tertiary/aromatic N) is 1. The summed E-state index contributed by atoms with van der Waals surface area (Å²) in [6.45, 7) is 13.6. The zero-order valence-corrected chi connectivity index (χ0v) is 37.8. The van der Waals surface area contributed by atoms with Crippen LogP contribution in [0.5, 0.6) is 5.75 Å². The molecule has 6 N–H and O–H groups in total. The van der Waals surface area contributed by atoms with E-state index in [9.17, 15) is 46.7 Å². The van der Waals surface area contributed by atoms with Crippen LogP contribution in [0.2, 0.25) is 0 Å². The lowest BCUT2D eigenvalue weighted by molar-refractivity contribution is -0.274. The molecule has 18 nitrogen and oxygen atoms in total. The van der Waals surface area contributed by atoms with Crippen molar-refractivity contribution >= 4 is 41.9 Å². The van der Waals surface area contributed by atoms with Crippen molar-refractivity contribution in [3.63, 3.8) is 0 Å². The third kappa shape index (κ3) is 24.4. The van der Waals surface area contributed by atoms with E-state index in [1.165, 1.54) is 17.0 Å². The fourth-order valence-electron chi connectivity index (χ4n) is 5.42. The molecule has 0 fully saturated rings. The maximum absolute atomic E-state index is 13.8. The summed E-state index contributed by atoms with van der Waals surface area (Å²) in [6, 6.07) is 11.2. The topological polar surface area (TPSA) is 232 Å². The maximum Gasteiger partial charge on any atom is 0.573 e. The highest BCUT2D eigenvalue weighted by molar-refractivity contribution is 5.94. The van der Waals surface area contributed by atoms with Crippen LogP contribution in [0.4, 0.5) is 27.6 Å². The third-order valence-corrected chi connectivity index (χ3v) is 8.10. The SMILES string of the molecule is CC(C)(C)OC(=O)NCCN(CCNC(=O)OC(C)(C)C)C(=O)CC(NC(=O)OC(C)(C)C)C(=O)NCC(=O)NC(CCc1ccccc1)C(=O)NCc1ccc(OC(F)(F)F)cc1. The monoisotopic (exact) mass is 909 g/mol. The molecule has 0 aliphatic carbocycles. The van der Waals surface area contributed by atoms with Crippen molar-refractivity contribution in [2.75, 3.05) is 32.7 Å². The van der Waals surface area contributed by atoms with Crippen LogP contribution in [0.3, 0.4) is 0 Å². The number of amides is 7. The maximum atomic E-state index is 13.8. The van der Waals surface area contributed by atoms with Crippen LogP contribution >= 0.6 is 0 Å². The van der Waals surface area contributed by atoms with Gasteiger partial charge in [-0.25, -0.2) is 14.4 Å². The first-order chi connectivity index (χ1) is 29.6. The Labute approximate surface area is 371 Å². The number of carbonyl (C=O) groups excluding carboxylic acids is 7. The Bertz CT molecular complexity index is 1830. The molecule has 0 radical (unpaired) electrons. The van der Waals surface area contributed by atoms with E-state index in [2.05, 4.69) is 36.6 Å². The summed E-state index contributed by atoms with van der Waals surface area (Å²) in [5, 5.41) is 15.1. The van der Waals surface area contributed by atoms with E-state index in [1.807, 2.05) is 18.2 Å². The number of alkyl halides is 3. The molecule has 2 unspecified atom stereocenters. The normalized spacial score (nSPS) is 12.6. The van der Waals surface area contributed by atoms with E-state index in [0.29, 0.717) is 12.0 Å². The fraction of sp³-hybridized carbons (Fsp3) is 0.558. The van der Waals surface area contributed by atoms with Gasteiger partial charge in [-0.15, -0.1) is 13.2 Å². The Morgan fingerprint density at radius 3 is 1.59 bits per heavy atom. The summed E-state index contributed by atoms with van der Waals surface area (Å²) >= 11 is 0. The average Bonchev–Trinajstić information content (AvgIpc) is 3.14. The Balaban J connectivity index is 2.22. The second-order valence-corrected chi connectivity index (χ2v) is 17.4. The Morgan fingerprint density at radius 2 is 1.09 bits per heavy atom. The second-order valence-electron chi connectivity index (χ2n) is 17.4. The molecule has 0 aromatic heterocycles. The number of benzene rings is 2. The number of halogens is 3. The van der Waals surface area contributed by atoms with E-state index >= 15 is 0 Å². The Kier molecular flexibility index (Phi) is 20.6. The molecule has 0 spiro atoms. The van der Waals surface area contributed by atoms with Crippen LogP contribution in [-0.2, 0) is 46.4 Å². The molecule has 2 aromatic carbocycles. The highest BCUT2D eigenvalue weighted by Gasteiger charge is 2.32. The van der Waals surface area contributed by atoms with Crippen LogP contribution in [-0.4, -0.2) is 115 Å². The lowest BCUT2D eigenvalue weighted by atomic mass is 10.0. The van der Waals surface area contributed by atoms with Gasteiger partial charge in [0.15, 0.2) is 0 Å². The van der Waals surface area contributed by atoms with Crippen molar-refractivity contribution in [1.82, 2.24) is 36.8 Å². The number of ether oxygens (including phenoxy) is 4. The van der Waals surface area contributed by atoms with Crippen molar-refractivity contribution in [3.8, 4) is 5.75 Å². The summed E-state index contributed by atoms with van der Waals surface area (Å²) in [7, 11) is 0. The minimum atomic E-state index is -4.87. The van der Waals surface area contributed by atoms with Crippen LogP contribution < -0.4 is 36.6 Å². The molecule has 21 heteroatoms. The number of hydrogen-bond donors (Lipinski definition) is 6. The number of hydrogen-bond acceptors (Lipinski definition) is 11. The molecular weight excluding hydrogens is 848 g/mol. The van der Waals surface area contributed by atoms with Crippen LogP contribution in [0.1, 0.15) is 86.3 Å². The summed E-state index contributed by atoms with van der Waals surface area (Å²) in [4.78, 5) is 92.9. The summed E-state index contributed by atoms with van der Waals surface area (Å²) in [5.74, 6) is -3.53. The molecule has 0 aliphatic rings. The van der Waals surface area contributed by atoms with Gasteiger partial charge in [0.1, 0.15) is 34.6 Å². The van der Waals surface area contributed by atoms with Gasteiger partial charge in [0.25, 0.3) is 0 Å². The second kappa shape index (κ2) is 24.5. The van der Waals surface area contributed by atoms with Gasteiger partial charge < -0.3 is 55.7 Å². The van der Waals surface area contributed by atoms with E-state index in [1.54, 1.807) is 74.4 Å². The molecule has 2 aromatic rings. The molecule has 2 rings (SSSR count). The minimum Gasteiger partial charge on any atom is -0.444 e. The Morgan fingerprint density at radius 1 is 0.594 bits per heavy atom. The molecule has 64 heavy (non-hydrogen) atoms. The quantitative estimate of drug-likeness (QED) is 0.101. The molecule has 0 saturated heterocycles. The molecular formula is C43H62F3N7O11. The average molecular weight is 910 g/mol. The number of carbonyl (C=O) groups is 7. The van der Waals surface area contributed by atoms with Crippen LogP contribution in [0, 0.1) is 0 Å². The first-order valence-electron chi connectivity index (χ1n) is 20.5. The largest absolute Gasteiger partial charge is 0.573 e. The highest BCUT2D eigenvalue weighted by Crippen LogP contribution is 2.23. The van der Waals surface area contributed by atoms with Gasteiger partial charge in [0.05, 0.1) is 13.0 Å². The first-order valence-corrected chi connectivity index (χ1v) is 20.5. The van der Waals surface area contributed by atoms with Crippen molar-refractivity contribution in [1.29, 1.82) is 0 Å². The number of rotatable bonds is 20. The van der Waals surface area contributed by atoms with Gasteiger partial charge >= 0.3 is 24.6 Å². The molecule has 0 heterocycles. The summed E-state index contributed by atoms with van der Waals surface area (Å²) < 4.78 is 57.5. The van der Waals surface area contributed by atoms with Crippen LogP contribution in [0.25, 0.3) is 0 Å². The molecule has 0 saturated carbocycles. The van der Waals surface area contributed by atoms with Crippen molar-refractivity contribution < 1.29 is 65.7 Å². The van der Waals surface area contributed by atoms with Gasteiger partial charge in [-0.2, -0.15) is 0 Å². The van der Waals surface area contributed by atoms with E-state index in [4.69, 9.17) is 14.2 Å². The van der Waals surface area contributed by atoms with E-state index < -0.39 is 95.9 Å². The number of nitrogens with one attached hydrogen (secondary N) is 6. The fourth-order valence-corrected chi connectivity index (χ4v) is 5.42. The molecule has 7 amide bonds. The molecule has 0 aliphatic heterocycles. The Hall–Kier alpha value is -6.28. The van der Waals surface area contributed by atoms with Crippen molar-refractivity contribution in [3.05, 3.63) is 65.7 Å². The molecule has 0 bridgehead atoms. The smallest absolute Gasteiger partial charge is 0.444 e. The van der Waals surface area contributed by atoms with Gasteiger partial charge in [0, 0.05) is 32.7 Å². The van der Waals surface area contributed by atoms with Crippen LogP contribution in [0.15, 0.2) is 54.6 Å². The number of alkyl carbamates (subject to hydrolysis) is 3. The third-order valence-electron chi connectivity index (χ3n) is 8.10. The van der Waals surface area contributed by atoms with E-state index in [-0.39, 0.29) is 39.1 Å². The predicted molar refractivity (Wildman–Crippen MR) is 228 cm³/mol. The van der Waals surface area contributed by atoms with Crippen molar-refractivity contribution in [2.45, 2.75) is 123 Å². The lowest BCUT2D eigenvalue weighted by Crippen LogP contribution is -2.54. The molecule has 356 valence electrons. The predicted octanol–water partition coefficient (Wildman–Crippen LogP) is 4.60. The van der Waals surface area contributed by atoms with Gasteiger partial charge in [-0.05, 0) is 98.4 Å². The minimum absolute atomic E-state index is 0.0914.